The maximum atomic E-state index is 12.4. The van der Waals surface area contributed by atoms with Crippen molar-refractivity contribution in [1.29, 1.82) is 0 Å². The number of anilines is 1. The van der Waals surface area contributed by atoms with Gasteiger partial charge in [0.1, 0.15) is 12.9 Å². The predicted molar refractivity (Wildman–Crippen MR) is 107 cm³/mol. The Hall–Kier alpha value is -4.40. The Bertz CT molecular complexity index is 1280. The molecule has 0 unspecified atom stereocenters. The van der Waals surface area contributed by atoms with Gasteiger partial charge in [-0.3, -0.25) is 19.3 Å². The number of nitrogens with zero attached hydrogens (tertiary/aromatic N) is 5. The van der Waals surface area contributed by atoms with Crippen LogP contribution in [0.5, 0.6) is 0 Å². The normalized spacial score (nSPS) is 13.0. The fourth-order valence-electron chi connectivity index (χ4n) is 3.33. The van der Waals surface area contributed by atoms with Crippen molar-refractivity contribution in [2.45, 2.75) is 0 Å². The monoisotopic (exact) mass is 398 g/mol. The number of amides is 3. The van der Waals surface area contributed by atoms with E-state index < -0.39 is 17.7 Å². The lowest BCUT2D eigenvalue weighted by Gasteiger charge is -2.13. The van der Waals surface area contributed by atoms with Crippen LogP contribution in [0.2, 0.25) is 0 Å². The predicted octanol–water partition coefficient (Wildman–Crippen LogP) is 2.03. The summed E-state index contributed by atoms with van der Waals surface area (Å²) >= 11 is 0. The van der Waals surface area contributed by atoms with Crippen molar-refractivity contribution < 1.29 is 14.4 Å². The summed E-state index contributed by atoms with van der Waals surface area (Å²) in [6.45, 7) is -0.347. The highest BCUT2D eigenvalue weighted by molar-refractivity contribution is 6.22. The van der Waals surface area contributed by atoms with Crippen LogP contribution < -0.4 is 5.32 Å². The first-order valence-corrected chi connectivity index (χ1v) is 9.13. The number of carbonyl (C=O) groups excluding carboxylic acids is 3. The van der Waals surface area contributed by atoms with Gasteiger partial charge in [-0.15, -0.1) is 10.2 Å². The molecule has 0 bridgehead atoms. The minimum absolute atomic E-state index is 0.317. The average molecular weight is 398 g/mol. The molecule has 2 aromatic heterocycles. The van der Waals surface area contributed by atoms with Crippen LogP contribution in [0.15, 0.2) is 67.0 Å². The number of carbonyl (C=O) groups is 3. The highest BCUT2D eigenvalue weighted by Crippen LogP contribution is 2.23. The van der Waals surface area contributed by atoms with Gasteiger partial charge in [0.2, 0.25) is 5.91 Å². The Balaban J connectivity index is 1.28. The Morgan fingerprint density at radius 1 is 0.900 bits per heavy atom. The van der Waals surface area contributed by atoms with E-state index in [1.807, 2.05) is 24.3 Å². The fraction of sp³-hybridized carbons (Fsp3) is 0.0476. The lowest BCUT2D eigenvalue weighted by Crippen LogP contribution is -2.37. The van der Waals surface area contributed by atoms with Crippen LogP contribution in [0.1, 0.15) is 20.7 Å². The molecule has 3 amide bonds. The zero-order valence-corrected chi connectivity index (χ0v) is 15.5. The number of nitrogens with one attached hydrogen (secondary N) is 1. The lowest BCUT2D eigenvalue weighted by atomic mass is 10.1. The van der Waals surface area contributed by atoms with E-state index in [1.54, 1.807) is 40.9 Å². The molecule has 0 saturated carbocycles. The SMILES string of the molecule is O=C(CN1C(=O)c2ccccc2C1=O)Nc1ccc(-c2ccc3nncn3n2)cc1. The second kappa shape index (κ2) is 6.89. The lowest BCUT2D eigenvalue weighted by molar-refractivity contribution is -0.116. The summed E-state index contributed by atoms with van der Waals surface area (Å²) in [5, 5.41) is 14.9. The Morgan fingerprint density at radius 2 is 1.60 bits per heavy atom. The van der Waals surface area contributed by atoms with E-state index in [4.69, 9.17) is 0 Å². The van der Waals surface area contributed by atoms with E-state index in [2.05, 4.69) is 20.6 Å². The number of benzene rings is 2. The molecule has 9 nitrogen and oxygen atoms in total. The van der Waals surface area contributed by atoms with E-state index in [0.717, 1.165) is 16.2 Å². The molecule has 1 aliphatic rings. The summed E-state index contributed by atoms with van der Waals surface area (Å²) in [4.78, 5) is 38.1. The molecule has 0 fully saturated rings. The van der Waals surface area contributed by atoms with Gasteiger partial charge in [0.25, 0.3) is 11.8 Å². The molecule has 146 valence electrons. The minimum Gasteiger partial charge on any atom is -0.325 e. The third-order valence-electron chi connectivity index (χ3n) is 4.81. The summed E-state index contributed by atoms with van der Waals surface area (Å²) in [5.41, 5.74) is 3.41. The molecule has 5 rings (SSSR count). The number of rotatable bonds is 4. The zero-order chi connectivity index (χ0) is 20.7. The Kier molecular flexibility index (Phi) is 4.06. The van der Waals surface area contributed by atoms with E-state index in [0.29, 0.717) is 22.5 Å². The van der Waals surface area contributed by atoms with Crippen LogP contribution in [0.4, 0.5) is 5.69 Å². The van der Waals surface area contributed by atoms with Crippen LogP contribution in [-0.2, 0) is 4.79 Å². The van der Waals surface area contributed by atoms with Gasteiger partial charge in [-0.2, -0.15) is 9.61 Å². The molecule has 0 saturated heterocycles. The number of hydrogen-bond donors (Lipinski definition) is 1. The molecular formula is C21H14N6O3. The minimum atomic E-state index is -0.462. The first-order chi connectivity index (χ1) is 14.6. The van der Waals surface area contributed by atoms with Gasteiger partial charge in [0.05, 0.1) is 16.8 Å². The number of aromatic nitrogens is 4. The van der Waals surface area contributed by atoms with Crippen molar-refractivity contribution in [3.63, 3.8) is 0 Å². The van der Waals surface area contributed by atoms with Crippen LogP contribution in [0.3, 0.4) is 0 Å². The van der Waals surface area contributed by atoms with Crippen molar-refractivity contribution in [3.05, 3.63) is 78.1 Å². The molecule has 0 atom stereocenters. The second-order valence-corrected chi connectivity index (χ2v) is 6.72. The second-order valence-electron chi connectivity index (χ2n) is 6.72. The summed E-state index contributed by atoms with van der Waals surface area (Å²) in [6, 6.07) is 17.3. The number of imide groups is 1. The molecule has 1 N–H and O–H groups in total. The topological polar surface area (TPSA) is 110 Å². The van der Waals surface area contributed by atoms with Crippen LogP contribution in [-0.4, -0.2) is 49.0 Å². The van der Waals surface area contributed by atoms with Crippen molar-refractivity contribution in [2.24, 2.45) is 0 Å². The fourth-order valence-corrected chi connectivity index (χ4v) is 3.33. The third-order valence-corrected chi connectivity index (χ3v) is 4.81. The van der Waals surface area contributed by atoms with Gasteiger partial charge < -0.3 is 5.32 Å². The van der Waals surface area contributed by atoms with Crippen LogP contribution >= 0.6 is 0 Å². The first-order valence-electron chi connectivity index (χ1n) is 9.13. The number of fused-ring (bicyclic) bond motifs is 2. The van der Waals surface area contributed by atoms with Gasteiger partial charge in [-0.05, 0) is 36.4 Å². The summed E-state index contributed by atoms with van der Waals surface area (Å²) in [7, 11) is 0. The molecule has 4 aromatic rings. The van der Waals surface area contributed by atoms with Crippen molar-refractivity contribution in [3.8, 4) is 11.3 Å². The molecule has 9 heteroatoms. The quantitative estimate of drug-likeness (QED) is 0.527. The van der Waals surface area contributed by atoms with Gasteiger partial charge in [-0.1, -0.05) is 24.3 Å². The molecular weight excluding hydrogens is 384 g/mol. The standard InChI is InChI=1S/C21H14N6O3/c28-19(11-26-20(29)15-3-1-2-4-16(15)21(26)30)23-14-7-5-13(6-8-14)17-9-10-18-24-22-12-27(18)25-17/h1-10,12H,11H2,(H,23,28). The molecule has 0 radical (unpaired) electrons. The summed E-state index contributed by atoms with van der Waals surface area (Å²) < 4.78 is 1.58. The van der Waals surface area contributed by atoms with E-state index in [1.165, 1.54) is 6.33 Å². The summed E-state index contributed by atoms with van der Waals surface area (Å²) in [5.74, 6) is -1.38. The Morgan fingerprint density at radius 3 is 2.30 bits per heavy atom. The van der Waals surface area contributed by atoms with Gasteiger partial charge in [0.15, 0.2) is 5.65 Å². The molecule has 3 heterocycles. The molecule has 1 aliphatic heterocycles. The van der Waals surface area contributed by atoms with Gasteiger partial charge in [0, 0.05) is 11.3 Å². The van der Waals surface area contributed by atoms with Crippen molar-refractivity contribution in [1.82, 2.24) is 24.7 Å². The maximum absolute atomic E-state index is 12.4. The van der Waals surface area contributed by atoms with E-state index >= 15 is 0 Å². The number of hydrogen-bond acceptors (Lipinski definition) is 6. The molecule has 0 aliphatic carbocycles. The zero-order valence-electron chi connectivity index (χ0n) is 15.5. The maximum Gasteiger partial charge on any atom is 0.262 e. The molecule has 0 spiro atoms. The van der Waals surface area contributed by atoms with E-state index in [-0.39, 0.29) is 6.54 Å². The van der Waals surface area contributed by atoms with Crippen LogP contribution in [0.25, 0.3) is 16.9 Å². The third kappa shape index (κ3) is 2.98. The smallest absolute Gasteiger partial charge is 0.262 e. The van der Waals surface area contributed by atoms with Crippen LogP contribution in [0, 0.1) is 0 Å². The average Bonchev–Trinajstić information content (AvgIpc) is 3.33. The van der Waals surface area contributed by atoms with Crippen molar-refractivity contribution in [2.75, 3.05) is 11.9 Å². The molecule has 2 aromatic carbocycles. The molecule has 30 heavy (non-hydrogen) atoms. The largest absolute Gasteiger partial charge is 0.325 e. The first kappa shape index (κ1) is 17.7. The van der Waals surface area contributed by atoms with Gasteiger partial charge >= 0.3 is 0 Å². The summed E-state index contributed by atoms with van der Waals surface area (Å²) in [6.07, 6.45) is 1.52. The highest BCUT2D eigenvalue weighted by Gasteiger charge is 2.36. The highest BCUT2D eigenvalue weighted by atomic mass is 16.2. The van der Waals surface area contributed by atoms with Crippen molar-refractivity contribution >= 4 is 29.1 Å². The van der Waals surface area contributed by atoms with Gasteiger partial charge in [-0.25, -0.2) is 0 Å². The Labute approximate surface area is 170 Å². The van der Waals surface area contributed by atoms with E-state index in [9.17, 15) is 14.4 Å².